The number of rotatable bonds is 10. The Labute approximate surface area is 157 Å². The number of nitrogens with one attached hydrogen (secondary N) is 1. The van der Waals surface area contributed by atoms with Crippen molar-refractivity contribution in [1.29, 1.82) is 0 Å². The summed E-state index contributed by atoms with van der Waals surface area (Å²) < 4.78 is 0. The summed E-state index contributed by atoms with van der Waals surface area (Å²) in [4.78, 5) is 33.2. The van der Waals surface area contributed by atoms with E-state index in [1.165, 1.54) is 18.2 Å². The lowest BCUT2D eigenvalue weighted by atomic mass is 10.0. The van der Waals surface area contributed by atoms with Gasteiger partial charge in [-0.05, 0) is 42.9 Å². The number of aromatic carboxylic acids is 1. The second kappa shape index (κ2) is 10.1. The molecule has 2 aromatic carbocycles. The fraction of sp³-hybridized carbons (Fsp3) is 0.300. The number of nitro groups is 1. The molecular formula is C20H22N2O5. The van der Waals surface area contributed by atoms with Crippen LogP contribution in [0.4, 0.5) is 5.69 Å². The number of nitro benzene ring substituents is 1. The van der Waals surface area contributed by atoms with E-state index < -0.39 is 10.9 Å². The Morgan fingerprint density at radius 1 is 1.00 bits per heavy atom. The maximum atomic E-state index is 11.9. The molecule has 7 nitrogen and oxygen atoms in total. The van der Waals surface area contributed by atoms with Gasteiger partial charge in [0.25, 0.3) is 5.69 Å². The van der Waals surface area contributed by atoms with Crippen molar-refractivity contribution in [2.24, 2.45) is 0 Å². The van der Waals surface area contributed by atoms with Crippen LogP contribution in [0.15, 0.2) is 48.5 Å². The van der Waals surface area contributed by atoms with Crippen LogP contribution in [0, 0.1) is 10.1 Å². The highest BCUT2D eigenvalue weighted by atomic mass is 16.6. The van der Waals surface area contributed by atoms with E-state index in [-0.39, 0.29) is 23.6 Å². The lowest BCUT2D eigenvalue weighted by Gasteiger charge is -2.07. The standard InChI is InChI=1S/C20H22N2O5/c23-19(13-10-16-6-1-2-7-18(16)20(24)25)21-14-4-3-5-15-8-11-17(12-9-15)22(26)27/h1-2,6-9,11-12H,3-5,10,13-14H2,(H,21,23)(H,24,25). The number of aryl methyl sites for hydroxylation is 2. The number of hydrogen-bond acceptors (Lipinski definition) is 4. The van der Waals surface area contributed by atoms with Crippen LogP contribution >= 0.6 is 0 Å². The van der Waals surface area contributed by atoms with Crippen LogP contribution in [0.25, 0.3) is 0 Å². The topological polar surface area (TPSA) is 110 Å². The SMILES string of the molecule is O=C(CCc1ccccc1C(=O)O)NCCCCc1ccc([N+](=O)[O-])cc1. The Hall–Kier alpha value is -3.22. The van der Waals surface area contributed by atoms with Crippen molar-refractivity contribution in [2.75, 3.05) is 6.54 Å². The third-order valence-corrected chi connectivity index (χ3v) is 4.23. The van der Waals surface area contributed by atoms with Crippen LogP contribution in [0.1, 0.15) is 40.7 Å². The van der Waals surface area contributed by atoms with E-state index in [1.807, 2.05) is 0 Å². The molecule has 0 unspecified atom stereocenters. The number of benzene rings is 2. The summed E-state index contributed by atoms with van der Waals surface area (Å²) in [5.41, 5.74) is 1.99. The molecular weight excluding hydrogens is 348 g/mol. The summed E-state index contributed by atoms with van der Waals surface area (Å²) in [5, 5.41) is 22.6. The minimum atomic E-state index is -0.989. The highest BCUT2D eigenvalue weighted by Gasteiger charge is 2.10. The fourth-order valence-corrected chi connectivity index (χ4v) is 2.75. The summed E-state index contributed by atoms with van der Waals surface area (Å²) >= 11 is 0. The van der Waals surface area contributed by atoms with E-state index in [2.05, 4.69) is 5.32 Å². The summed E-state index contributed by atoms with van der Waals surface area (Å²) in [6.45, 7) is 0.548. The number of carbonyl (C=O) groups is 2. The smallest absolute Gasteiger partial charge is 0.335 e. The van der Waals surface area contributed by atoms with E-state index in [0.717, 1.165) is 24.8 Å². The largest absolute Gasteiger partial charge is 0.478 e. The molecule has 0 aliphatic heterocycles. The lowest BCUT2D eigenvalue weighted by Crippen LogP contribution is -2.24. The molecule has 0 aliphatic carbocycles. The zero-order valence-corrected chi connectivity index (χ0v) is 14.9. The number of carboxylic acids is 1. The first kappa shape index (κ1) is 20.1. The Kier molecular flexibility index (Phi) is 7.49. The van der Waals surface area contributed by atoms with Crippen LogP contribution in [-0.4, -0.2) is 28.5 Å². The summed E-state index contributed by atoms with van der Waals surface area (Å²) in [7, 11) is 0. The minimum Gasteiger partial charge on any atom is -0.478 e. The number of carboxylic acid groups (broad SMARTS) is 1. The van der Waals surface area contributed by atoms with E-state index >= 15 is 0 Å². The summed E-state index contributed by atoms with van der Waals surface area (Å²) in [6.07, 6.45) is 3.08. The van der Waals surface area contributed by atoms with Gasteiger partial charge in [-0.15, -0.1) is 0 Å². The van der Waals surface area contributed by atoms with Gasteiger partial charge >= 0.3 is 5.97 Å². The van der Waals surface area contributed by atoms with Gasteiger partial charge in [0, 0.05) is 25.1 Å². The summed E-state index contributed by atoms with van der Waals surface area (Å²) in [6, 6.07) is 13.2. The molecule has 0 radical (unpaired) electrons. The Bertz CT molecular complexity index is 802. The van der Waals surface area contributed by atoms with Gasteiger partial charge in [-0.1, -0.05) is 30.3 Å². The van der Waals surface area contributed by atoms with Crippen molar-refractivity contribution < 1.29 is 19.6 Å². The number of carbonyl (C=O) groups excluding carboxylic acids is 1. The first-order valence-corrected chi connectivity index (χ1v) is 8.78. The number of non-ortho nitro benzene ring substituents is 1. The van der Waals surface area contributed by atoms with Crippen LogP contribution in [0.3, 0.4) is 0 Å². The fourth-order valence-electron chi connectivity index (χ4n) is 2.75. The molecule has 27 heavy (non-hydrogen) atoms. The zero-order chi connectivity index (χ0) is 19.6. The van der Waals surface area contributed by atoms with Gasteiger partial charge < -0.3 is 10.4 Å². The van der Waals surface area contributed by atoms with Gasteiger partial charge in [0.05, 0.1) is 10.5 Å². The maximum Gasteiger partial charge on any atom is 0.335 e. The van der Waals surface area contributed by atoms with E-state index in [0.29, 0.717) is 18.5 Å². The molecule has 1 amide bonds. The van der Waals surface area contributed by atoms with E-state index in [4.69, 9.17) is 5.11 Å². The van der Waals surface area contributed by atoms with Crippen molar-refractivity contribution in [2.45, 2.75) is 32.1 Å². The molecule has 2 aromatic rings. The molecule has 0 saturated heterocycles. The van der Waals surface area contributed by atoms with Crippen LogP contribution in [0.5, 0.6) is 0 Å². The first-order valence-electron chi connectivity index (χ1n) is 8.78. The molecule has 2 N–H and O–H groups in total. The van der Waals surface area contributed by atoms with Gasteiger partial charge in [-0.3, -0.25) is 14.9 Å². The number of unbranched alkanes of at least 4 members (excludes halogenated alkanes) is 1. The number of nitrogens with zero attached hydrogens (tertiary/aromatic N) is 1. The average molecular weight is 370 g/mol. The van der Waals surface area contributed by atoms with Crippen molar-refractivity contribution in [1.82, 2.24) is 5.32 Å². The molecule has 0 saturated carbocycles. The zero-order valence-electron chi connectivity index (χ0n) is 14.9. The molecule has 0 fully saturated rings. The molecule has 0 aliphatic rings. The molecule has 142 valence electrons. The van der Waals surface area contributed by atoms with E-state index in [9.17, 15) is 19.7 Å². The molecule has 7 heteroatoms. The normalized spacial score (nSPS) is 10.4. The molecule has 0 atom stereocenters. The maximum absolute atomic E-state index is 11.9. The predicted octanol–water partition coefficient (Wildman–Crippen LogP) is 3.36. The van der Waals surface area contributed by atoms with Crippen molar-refractivity contribution in [3.05, 3.63) is 75.3 Å². The Balaban J connectivity index is 1.65. The molecule has 0 bridgehead atoms. The molecule has 2 rings (SSSR count). The van der Waals surface area contributed by atoms with E-state index in [1.54, 1.807) is 30.3 Å². The number of hydrogen-bond donors (Lipinski definition) is 2. The molecule has 0 aromatic heterocycles. The first-order chi connectivity index (χ1) is 13.0. The quantitative estimate of drug-likeness (QED) is 0.378. The third kappa shape index (κ3) is 6.54. The van der Waals surface area contributed by atoms with Crippen molar-refractivity contribution in [3.8, 4) is 0 Å². The van der Waals surface area contributed by atoms with Gasteiger partial charge in [0.1, 0.15) is 0 Å². The third-order valence-electron chi connectivity index (χ3n) is 4.23. The van der Waals surface area contributed by atoms with Gasteiger partial charge in [-0.25, -0.2) is 4.79 Å². The average Bonchev–Trinajstić information content (AvgIpc) is 2.66. The molecule has 0 heterocycles. The second-order valence-electron chi connectivity index (χ2n) is 6.19. The van der Waals surface area contributed by atoms with Gasteiger partial charge in [0.2, 0.25) is 5.91 Å². The minimum absolute atomic E-state index is 0.0792. The van der Waals surface area contributed by atoms with Gasteiger partial charge in [0.15, 0.2) is 0 Å². The highest BCUT2D eigenvalue weighted by molar-refractivity contribution is 5.89. The number of amides is 1. The predicted molar refractivity (Wildman–Crippen MR) is 101 cm³/mol. The highest BCUT2D eigenvalue weighted by Crippen LogP contribution is 2.14. The molecule has 0 spiro atoms. The monoisotopic (exact) mass is 370 g/mol. The lowest BCUT2D eigenvalue weighted by molar-refractivity contribution is -0.384. The van der Waals surface area contributed by atoms with Crippen LogP contribution in [-0.2, 0) is 17.6 Å². The van der Waals surface area contributed by atoms with Crippen LogP contribution in [0.2, 0.25) is 0 Å². The second-order valence-corrected chi connectivity index (χ2v) is 6.19. The Morgan fingerprint density at radius 2 is 1.70 bits per heavy atom. The Morgan fingerprint density at radius 3 is 2.37 bits per heavy atom. The summed E-state index contributed by atoms with van der Waals surface area (Å²) in [5.74, 6) is -1.09. The van der Waals surface area contributed by atoms with Crippen LogP contribution < -0.4 is 5.32 Å². The van der Waals surface area contributed by atoms with Crippen molar-refractivity contribution in [3.63, 3.8) is 0 Å². The van der Waals surface area contributed by atoms with Crippen molar-refractivity contribution >= 4 is 17.6 Å². The van der Waals surface area contributed by atoms with Gasteiger partial charge in [-0.2, -0.15) is 0 Å².